The third kappa shape index (κ3) is 4.98. The lowest BCUT2D eigenvalue weighted by Gasteiger charge is -2.32. The molecule has 0 aliphatic carbocycles. The summed E-state index contributed by atoms with van der Waals surface area (Å²) in [6.45, 7) is 9.89. The van der Waals surface area contributed by atoms with Gasteiger partial charge >= 0.3 is 0 Å². The Labute approximate surface area is 244 Å². The van der Waals surface area contributed by atoms with Gasteiger partial charge in [0.05, 0.1) is 28.5 Å². The Hall–Kier alpha value is -3.47. The van der Waals surface area contributed by atoms with Gasteiger partial charge in [0.1, 0.15) is 5.69 Å². The Bertz CT molecular complexity index is 1750. The molecule has 214 valence electrons. The lowest BCUT2D eigenvalue weighted by molar-refractivity contribution is -0.127. The highest BCUT2D eigenvalue weighted by molar-refractivity contribution is 7.89. The Kier molecular flexibility index (Phi) is 7.25. The molecule has 0 bridgehead atoms. The van der Waals surface area contributed by atoms with Crippen LogP contribution in [0.5, 0.6) is 0 Å². The van der Waals surface area contributed by atoms with Crippen LogP contribution in [0.25, 0.3) is 33.3 Å². The van der Waals surface area contributed by atoms with Crippen LogP contribution < -0.4 is 0 Å². The van der Waals surface area contributed by atoms with Crippen LogP contribution in [0.1, 0.15) is 42.1 Å². The molecule has 0 atom stereocenters. The Morgan fingerprint density at radius 3 is 2.54 bits per heavy atom. The van der Waals surface area contributed by atoms with E-state index < -0.39 is 10.0 Å². The van der Waals surface area contributed by atoms with Crippen LogP contribution in [0.2, 0.25) is 5.02 Å². The number of H-pyrrole nitrogens is 1. The lowest BCUT2D eigenvalue weighted by Crippen LogP contribution is -2.38. The number of aromatic amines is 1. The molecule has 4 aromatic rings. The molecule has 41 heavy (non-hydrogen) atoms. The van der Waals surface area contributed by atoms with E-state index in [9.17, 15) is 13.2 Å². The number of likely N-dealkylation sites (tertiary alicyclic amines) is 1. The van der Waals surface area contributed by atoms with Gasteiger partial charge in [-0.3, -0.25) is 14.6 Å². The molecule has 2 fully saturated rings. The number of fused-ring (bicyclic) bond motifs is 1. The van der Waals surface area contributed by atoms with E-state index in [0.717, 1.165) is 62.9 Å². The maximum Gasteiger partial charge on any atom is 0.245 e. The zero-order valence-electron chi connectivity index (χ0n) is 23.2. The minimum atomic E-state index is -3.18. The number of aromatic nitrogens is 4. The molecule has 1 amide bonds. The van der Waals surface area contributed by atoms with Gasteiger partial charge in [0.2, 0.25) is 15.9 Å². The molecule has 6 rings (SSSR count). The van der Waals surface area contributed by atoms with Crippen molar-refractivity contribution in [2.75, 3.05) is 25.4 Å². The molecular weight excluding hydrogens is 560 g/mol. The molecule has 2 aromatic carbocycles. The van der Waals surface area contributed by atoms with Crippen molar-refractivity contribution < 1.29 is 13.2 Å². The highest BCUT2D eigenvalue weighted by atomic mass is 35.5. The molecule has 0 unspecified atom stereocenters. The summed E-state index contributed by atoms with van der Waals surface area (Å²) in [6, 6.07) is 10.1. The molecule has 2 aliphatic heterocycles. The summed E-state index contributed by atoms with van der Waals surface area (Å²) in [6.07, 6.45) is 5.41. The SMILES string of the molecule is C=CC(=O)N1CCC(n2nc(-c3ccc(CN4CCCS4(=O)=O)cc3)c(-c3c(Cl)c(C)cc4[nH]ncc34)c2C)CC1. The van der Waals surface area contributed by atoms with Gasteiger partial charge in [-0.1, -0.05) is 42.4 Å². The Morgan fingerprint density at radius 1 is 1.15 bits per heavy atom. The third-order valence-electron chi connectivity index (χ3n) is 8.35. The number of hydrogen-bond acceptors (Lipinski definition) is 5. The minimum absolute atomic E-state index is 0.0438. The average molecular weight is 593 g/mol. The number of nitrogens with zero attached hydrogens (tertiary/aromatic N) is 5. The van der Waals surface area contributed by atoms with Gasteiger partial charge in [-0.25, -0.2) is 8.42 Å². The van der Waals surface area contributed by atoms with E-state index in [1.807, 2.05) is 42.2 Å². The first kappa shape index (κ1) is 27.7. The number of rotatable bonds is 6. The number of piperidine rings is 1. The summed E-state index contributed by atoms with van der Waals surface area (Å²) in [5, 5.41) is 14.1. The predicted octanol–water partition coefficient (Wildman–Crippen LogP) is 5.25. The van der Waals surface area contributed by atoms with Crippen molar-refractivity contribution in [2.45, 2.75) is 45.7 Å². The first-order valence-corrected chi connectivity index (χ1v) is 15.9. The van der Waals surface area contributed by atoms with Gasteiger partial charge in [0.15, 0.2) is 0 Å². The number of halogens is 1. The van der Waals surface area contributed by atoms with Crippen molar-refractivity contribution in [2.24, 2.45) is 0 Å². The first-order valence-electron chi connectivity index (χ1n) is 13.9. The molecule has 0 spiro atoms. The fourth-order valence-electron chi connectivity index (χ4n) is 6.12. The molecular formula is C30H33ClN6O3S. The summed E-state index contributed by atoms with van der Waals surface area (Å²) in [4.78, 5) is 14.0. The van der Waals surface area contributed by atoms with Crippen molar-refractivity contribution in [3.05, 3.63) is 71.0 Å². The van der Waals surface area contributed by atoms with E-state index in [0.29, 0.717) is 37.6 Å². The Morgan fingerprint density at radius 2 is 1.88 bits per heavy atom. The smallest absolute Gasteiger partial charge is 0.245 e. The molecule has 2 aromatic heterocycles. The van der Waals surface area contributed by atoms with Gasteiger partial charge in [-0.2, -0.15) is 14.5 Å². The maximum atomic E-state index is 12.3. The van der Waals surface area contributed by atoms with Gasteiger partial charge in [0, 0.05) is 53.9 Å². The number of hydrogen-bond donors (Lipinski definition) is 1. The van der Waals surface area contributed by atoms with E-state index >= 15 is 0 Å². The standard InChI is InChI=1S/C30H33ClN6O3S/c1-4-26(38)35-13-10-23(11-14-35)37-20(3)27(28-24-17-32-33-25(24)16-19(2)29(28)31)30(34-37)22-8-6-21(7-9-22)18-36-12-5-15-41(36,39)40/h4,6-9,16-17,23H,1,5,10-15,18H2,2-3H3,(H,32,33). The van der Waals surface area contributed by atoms with E-state index in [1.54, 1.807) is 10.5 Å². The van der Waals surface area contributed by atoms with Crippen LogP contribution in [0.15, 0.2) is 49.2 Å². The highest BCUT2D eigenvalue weighted by Crippen LogP contribution is 2.44. The van der Waals surface area contributed by atoms with E-state index in [1.165, 1.54) is 6.08 Å². The molecule has 1 N–H and O–H groups in total. The predicted molar refractivity (Wildman–Crippen MR) is 161 cm³/mol. The number of carbonyl (C=O) groups excluding carboxylic acids is 1. The second kappa shape index (κ2) is 10.7. The van der Waals surface area contributed by atoms with Crippen LogP contribution in [-0.4, -0.2) is 68.9 Å². The normalized spacial score (nSPS) is 17.9. The number of aryl methyl sites for hydroxylation is 1. The van der Waals surface area contributed by atoms with E-state index in [2.05, 4.69) is 28.4 Å². The molecule has 2 saturated heterocycles. The molecule has 11 heteroatoms. The van der Waals surface area contributed by atoms with Crippen molar-refractivity contribution in [1.82, 2.24) is 29.2 Å². The number of carbonyl (C=O) groups is 1. The van der Waals surface area contributed by atoms with Gasteiger partial charge < -0.3 is 4.90 Å². The summed E-state index contributed by atoms with van der Waals surface area (Å²) in [5.74, 6) is 0.170. The number of amides is 1. The fraction of sp³-hybridized carbons (Fsp3) is 0.367. The average Bonchev–Trinajstić information content (AvgIpc) is 3.66. The minimum Gasteiger partial charge on any atom is -0.339 e. The summed E-state index contributed by atoms with van der Waals surface area (Å²) in [5.41, 5.74) is 7.34. The molecule has 0 radical (unpaired) electrons. The number of benzene rings is 2. The van der Waals surface area contributed by atoms with E-state index in [4.69, 9.17) is 16.7 Å². The summed E-state index contributed by atoms with van der Waals surface area (Å²) in [7, 11) is -3.18. The van der Waals surface area contributed by atoms with Crippen LogP contribution in [0.3, 0.4) is 0 Å². The third-order valence-corrected chi connectivity index (χ3v) is 10.7. The van der Waals surface area contributed by atoms with Crippen LogP contribution in [0, 0.1) is 13.8 Å². The highest BCUT2D eigenvalue weighted by Gasteiger charge is 2.30. The maximum absolute atomic E-state index is 12.3. The van der Waals surface area contributed by atoms with Crippen molar-refractivity contribution in [3.63, 3.8) is 0 Å². The topological polar surface area (TPSA) is 104 Å². The quantitative estimate of drug-likeness (QED) is 0.308. The van der Waals surface area contributed by atoms with Crippen molar-refractivity contribution in [3.8, 4) is 22.4 Å². The van der Waals surface area contributed by atoms with Gasteiger partial charge in [-0.05, 0) is 56.4 Å². The van der Waals surface area contributed by atoms with E-state index in [-0.39, 0.29) is 17.7 Å². The van der Waals surface area contributed by atoms with Crippen LogP contribution >= 0.6 is 11.6 Å². The van der Waals surface area contributed by atoms with Crippen LogP contribution in [-0.2, 0) is 21.4 Å². The summed E-state index contributed by atoms with van der Waals surface area (Å²) < 4.78 is 28.3. The Balaban J connectivity index is 1.43. The molecule has 4 heterocycles. The molecule has 2 aliphatic rings. The zero-order chi connectivity index (χ0) is 28.9. The monoisotopic (exact) mass is 592 g/mol. The number of sulfonamides is 1. The largest absolute Gasteiger partial charge is 0.339 e. The van der Waals surface area contributed by atoms with Crippen molar-refractivity contribution in [1.29, 1.82) is 0 Å². The molecule has 9 nitrogen and oxygen atoms in total. The van der Waals surface area contributed by atoms with Gasteiger partial charge in [-0.15, -0.1) is 0 Å². The first-order chi connectivity index (χ1) is 19.7. The second-order valence-corrected chi connectivity index (χ2v) is 13.4. The lowest BCUT2D eigenvalue weighted by atomic mass is 9.94. The molecule has 0 saturated carbocycles. The van der Waals surface area contributed by atoms with Gasteiger partial charge in [0.25, 0.3) is 0 Å². The van der Waals surface area contributed by atoms with Crippen molar-refractivity contribution >= 4 is 38.4 Å². The van der Waals surface area contributed by atoms with Crippen LogP contribution in [0.4, 0.5) is 0 Å². The second-order valence-electron chi connectivity index (χ2n) is 10.9. The number of nitrogens with one attached hydrogen (secondary N) is 1. The summed E-state index contributed by atoms with van der Waals surface area (Å²) >= 11 is 7.01. The fourth-order valence-corrected chi connectivity index (χ4v) is 7.88. The zero-order valence-corrected chi connectivity index (χ0v) is 24.8.